The van der Waals surface area contributed by atoms with E-state index >= 15 is 0 Å². The first-order valence-corrected chi connectivity index (χ1v) is 8.39. The highest BCUT2D eigenvalue weighted by molar-refractivity contribution is 6.01. The van der Waals surface area contributed by atoms with Gasteiger partial charge in [0.15, 0.2) is 28.8 Å². The van der Waals surface area contributed by atoms with E-state index in [2.05, 4.69) is 20.3 Å². The summed E-state index contributed by atoms with van der Waals surface area (Å²) in [5.74, 6) is 0.648. The highest BCUT2D eigenvalue weighted by Gasteiger charge is 2.43. The number of nitrogens with two attached hydrogens (primary N) is 1. The minimum atomic E-state index is -0.973. The molecule has 1 aliphatic carbocycles. The zero-order valence-electron chi connectivity index (χ0n) is 14.5. The molecule has 1 amide bonds. The van der Waals surface area contributed by atoms with E-state index in [0.29, 0.717) is 29.7 Å². The maximum atomic E-state index is 13.2. The van der Waals surface area contributed by atoms with Gasteiger partial charge >= 0.3 is 0 Å². The normalized spacial score (nSPS) is 18.3. The summed E-state index contributed by atoms with van der Waals surface area (Å²) in [4.78, 5) is 26.5. The number of pyridine rings is 1. The SMILES string of the molecule is CC1(C)Oc2cc(Nc3ncc(F)c(N)n3)cnc2N(CC2CC2)C1=O. The molecule has 0 radical (unpaired) electrons. The van der Waals surface area contributed by atoms with E-state index in [4.69, 9.17) is 10.5 Å². The minimum absolute atomic E-state index is 0.0975. The van der Waals surface area contributed by atoms with E-state index in [-0.39, 0.29) is 17.7 Å². The van der Waals surface area contributed by atoms with Crippen molar-refractivity contribution in [1.82, 2.24) is 15.0 Å². The predicted molar refractivity (Wildman–Crippen MR) is 93.7 cm³/mol. The van der Waals surface area contributed by atoms with Gasteiger partial charge in [-0.15, -0.1) is 0 Å². The number of carbonyl (C=O) groups excluding carboxylic acids is 1. The summed E-state index contributed by atoms with van der Waals surface area (Å²) in [7, 11) is 0. The molecule has 1 fully saturated rings. The molecule has 0 saturated heterocycles. The number of hydrogen-bond acceptors (Lipinski definition) is 7. The lowest BCUT2D eigenvalue weighted by atomic mass is 10.0. The summed E-state index contributed by atoms with van der Waals surface area (Å²) in [5, 5.41) is 2.91. The molecule has 2 aliphatic rings. The van der Waals surface area contributed by atoms with E-state index in [9.17, 15) is 9.18 Å². The number of rotatable bonds is 4. The topological polar surface area (TPSA) is 106 Å². The van der Waals surface area contributed by atoms with Crippen molar-refractivity contribution in [2.75, 3.05) is 22.5 Å². The molecular weight excluding hydrogens is 339 g/mol. The molecule has 0 aromatic carbocycles. The monoisotopic (exact) mass is 358 g/mol. The first-order valence-electron chi connectivity index (χ1n) is 8.39. The van der Waals surface area contributed by atoms with Gasteiger partial charge in [0.05, 0.1) is 18.1 Å². The standard InChI is InChI=1S/C17H19FN6O2/c1-17(2)15(25)24(8-9-3-4-9)14-12(26-17)5-10(6-20-14)22-16-21-7-11(18)13(19)23-16/h5-7,9H,3-4,8H2,1-2H3,(H3,19,21,22,23). The molecule has 1 saturated carbocycles. The van der Waals surface area contributed by atoms with Crippen LogP contribution in [0.1, 0.15) is 26.7 Å². The maximum absolute atomic E-state index is 13.2. The third kappa shape index (κ3) is 3.00. The maximum Gasteiger partial charge on any atom is 0.271 e. The molecule has 0 spiro atoms. The number of fused-ring (bicyclic) bond motifs is 1. The first-order chi connectivity index (χ1) is 12.3. The number of nitrogens with one attached hydrogen (secondary N) is 1. The number of carbonyl (C=O) groups is 1. The largest absolute Gasteiger partial charge is 0.474 e. The van der Waals surface area contributed by atoms with Crippen molar-refractivity contribution in [3.63, 3.8) is 0 Å². The van der Waals surface area contributed by atoms with Crippen LogP contribution < -0.4 is 20.7 Å². The number of ether oxygens (including phenoxy) is 1. The van der Waals surface area contributed by atoms with Gasteiger partial charge in [-0.3, -0.25) is 9.69 Å². The van der Waals surface area contributed by atoms with Crippen molar-refractivity contribution in [2.45, 2.75) is 32.3 Å². The van der Waals surface area contributed by atoms with Crippen LogP contribution in [0.3, 0.4) is 0 Å². The Hall–Kier alpha value is -2.97. The van der Waals surface area contributed by atoms with Gasteiger partial charge in [-0.05, 0) is 32.6 Å². The van der Waals surface area contributed by atoms with Gasteiger partial charge in [-0.25, -0.2) is 14.4 Å². The highest BCUT2D eigenvalue weighted by Crippen LogP contribution is 2.40. The summed E-state index contributed by atoms with van der Waals surface area (Å²) < 4.78 is 19.1. The van der Waals surface area contributed by atoms with Crippen molar-refractivity contribution in [3.8, 4) is 5.75 Å². The Balaban J connectivity index is 1.64. The number of halogens is 1. The summed E-state index contributed by atoms with van der Waals surface area (Å²) in [6.07, 6.45) is 4.80. The molecule has 4 rings (SSSR count). The number of nitrogen functional groups attached to an aromatic ring is 1. The van der Waals surface area contributed by atoms with Crippen LogP contribution in [0.4, 0.5) is 27.7 Å². The van der Waals surface area contributed by atoms with Crippen LogP contribution in [0.15, 0.2) is 18.5 Å². The van der Waals surface area contributed by atoms with Gasteiger partial charge in [0, 0.05) is 12.6 Å². The van der Waals surface area contributed by atoms with Gasteiger partial charge in [0.2, 0.25) is 5.95 Å². The van der Waals surface area contributed by atoms with Crippen LogP contribution in [0.25, 0.3) is 0 Å². The van der Waals surface area contributed by atoms with E-state index < -0.39 is 11.4 Å². The van der Waals surface area contributed by atoms with Gasteiger partial charge < -0.3 is 15.8 Å². The van der Waals surface area contributed by atoms with Crippen molar-refractivity contribution < 1.29 is 13.9 Å². The second kappa shape index (κ2) is 5.79. The number of hydrogen-bond donors (Lipinski definition) is 2. The predicted octanol–water partition coefficient (Wildman–Crippen LogP) is 2.25. The average molecular weight is 358 g/mol. The Kier molecular flexibility index (Phi) is 3.67. The van der Waals surface area contributed by atoms with Crippen LogP contribution in [0, 0.1) is 11.7 Å². The number of amides is 1. The van der Waals surface area contributed by atoms with E-state index in [1.165, 1.54) is 0 Å². The zero-order chi connectivity index (χ0) is 18.5. The van der Waals surface area contributed by atoms with Crippen molar-refractivity contribution >= 4 is 29.2 Å². The van der Waals surface area contributed by atoms with Crippen molar-refractivity contribution in [2.24, 2.45) is 5.92 Å². The smallest absolute Gasteiger partial charge is 0.271 e. The molecule has 26 heavy (non-hydrogen) atoms. The molecule has 3 N–H and O–H groups in total. The lowest BCUT2D eigenvalue weighted by Gasteiger charge is -2.38. The highest BCUT2D eigenvalue weighted by atomic mass is 19.1. The molecular formula is C17H19FN6O2. The average Bonchev–Trinajstić information content (AvgIpc) is 3.39. The Morgan fingerprint density at radius 2 is 2.15 bits per heavy atom. The van der Waals surface area contributed by atoms with Gasteiger partial charge in [-0.2, -0.15) is 4.98 Å². The van der Waals surface area contributed by atoms with Crippen molar-refractivity contribution in [1.29, 1.82) is 0 Å². The molecule has 0 unspecified atom stereocenters. The summed E-state index contributed by atoms with van der Waals surface area (Å²) in [6.45, 7) is 4.13. The second-order valence-electron chi connectivity index (χ2n) is 7.07. The Morgan fingerprint density at radius 3 is 2.85 bits per heavy atom. The zero-order valence-corrected chi connectivity index (χ0v) is 14.5. The fourth-order valence-electron chi connectivity index (χ4n) is 2.82. The minimum Gasteiger partial charge on any atom is -0.474 e. The Morgan fingerprint density at radius 1 is 1.38 bits per heavy atom. The third-order valence-electron chi connectivity index (χ3n) is 4.38. The number of anilines is 4. The molecule has 1 aliphatic heterocycles. The molecule has 0 bridgehead atoms. The molecule has 9 heteroatoms. The van der Waals surface area contributed by atoms with E-state index in [1.54, 1.807) is 31.0 Å². The molecule has 8 nitrogen and oxygen atoms in total. The van der Waals surface area contributed by atoms with E-state index in [1.807, 2.05) is 0 Å². The third-order valence-corrected chi connectivity index (χ3v) is 4.38. The number of aromatic nitrogens is 3. The molecule has 2 aromatic rings. The summed E-state index contributed by atoms with van der Waals surface area (Å²) in [5.41, 5.74) is 5.03. The lowest BCUT2D eigenvalue weighted by Crippen LogP contribution is -2.53. The molecule has 3 heterocycles. The van der Waals surface area contributed by atoms with Gasteiger partial charge in [0.25, 0.3) is 5.91 Å². The fourth-order valence-corrected chi connectivity index (χ4v) is 2.82. The van der Waals surface area contributed by atoms with E-state index in [0.717, 1.165) is 19.0 Å². The molecule has 2 aromatic heterocycles. The fraction of sp³-hybridized carbons (Fsp3) is 0.412. The molecule has 0 atom stereocenters. The molecule has 136 valence electrons. The van der Waals surface area contributed by atoms with Gasteiger partial charge in [-0.1, -0.05) is 0 Å². The quantitative estimate of drug-likeness (QED) is 0.863. The van der Waals surface area contributed by atoms with Crippen molar-refractivity contribution in [3.05, 3.63) is 24.3 Å². The van der Waals surface area contributed by atoms with Gasteiger partial charge in [0.1, 0.15) is 0 Å². The Labute approximate surface area is 149 Å². The second-order valence-corrected chi connectivity index (χ2v) is 7.07. The van der Waals surface area contributed by atoms with Crippen LogP contribution >= 0.6 is 0 Å². The Bertz CT molecular complexity index is 884. The van der Waals surface area contributed by atoms with Crippen LogP contribution in [-0.4, -0.2) is 33.0 Å². The van der Waals surface area contributed by atoms with Crippen LogP contribution in [-0.2, 0) is 4.79 Å². The summed E-state index contributed by atoms with van der Waals surface area (Å²) in [6, 6.07) is 1.72. The van der Waals surface area contributed by atoms with Crippen LogP contribution in [0.2, 0.25) is 0 Å². The van der Waals surface area contributed by atoms with Crippen LogP contribution in [0.5, 0.6) is 5.75 Å². The summed E-state index contributed by atoms with van der Waals surface area (Å²) >= 11 is 0. The first kappa shape index (κ1) is 16.5. The lowest BCUT2D eigenvalue weighted by molar-refractivity contribution is -0.132. The number of nitrogens with zero attached hydrogens (tertiary/aromatic N) is 4.